The van der Waals surface area contributed by atoms with E-state index in [0.717, 1.165) is 0 Å². The maximum absolute atomic E-state index is 12.9. The van der Waals surface area contributed by atoms with Crippen LogP contribution in [0, 0.1) is 0 Å². The van der Waals surface area contributed by atoms with Crippen LogP contribution >= 0.6 is 0 Å². The molecule has 0 saturated heterocycles. The molecule has 1 unspecified atom stereocenters. The Kier molecular flexibility index (Phi) is 3.99. The number of rotatable bonds is 4. The third-order valence-corrected chi connectivity index (χ3v) is 6.17. The van der Waals surface area contributed by atoms with E-state index in [-0.39, 0.29) is 17.9 Å². The first-order valence-electron chi connectivity index (χ1n) is 6.62. The van der Waals surface area contributed by atoms with Crippen LogP contribution in [0.1, 0.15) is 26.2 Å². The lowest BCUT2D eigenvalue weighted by Crippen LogP contribution is -2.46. The van der Waals surface area contributed by atoms with Gasteiger partial charge in [-0.2, -0.15) is 0 Å². The summed E-state index contributed by atoms with van der Waals surface area (Å²) in [6.07, 6.45) is 1.40. The Labute approximate surface area is 119 Å². The Morgan fingerprint density at radius 3 is 2.50 bits per heavy atom. The van der Waals surface area contributed by atoms with Crippen molar-refractivity contribution in [2.24, 2.45) is 0 Å². The van der Waals surface area contributed by atoms with Crippen molar-refractivity contribution in [3.8, 4) is 0 Å². The minimum Gasteiger partial charge on any atom is -0.465 e. The monoisotopic (exact) mass is 294 g/mol. The zero-order valence-corrected chi connectivity index (χ0v) is 12.3. The Balaban J connectivity index is 2.59. The van der Waals surface area contributed by atoms with Gasteiger partial charge in [-0.25, -0.2) is 13.2 Å². The Morgan fingerprint density at radius 2 is 2.00 bits per heavy atom. The normalized spacial score (nSPS) is 22.8. The summed E-state index contributed by atoms with van der Waals surface area (Å²) in [4.78, 5) is 12.5. The molecule has 1 atom stereocenters. The maximum atomic E-state index is 12.9. The number of carbonyl (C=O) groups is 1. The van der Waals surface area contributed by atoms with E-state index >= 15 is 0 Å². The van der Waals surface area contributed by atoms with Crippen LogP contribution < -0.4 is 0 Å². The number of hydrogen-bond donors (Lipinski definition) is 0. The average Bonchev–Trinajstić information content (AvgIpc) is 2.83. The molecular weight excluding hydrogens is 276 g/mol. The number of esters is 1. The summed E-state index contributed by atoms with van der Waals surface area (Å²) in [5.41, 5.74) is 0.430. The predicted molar refractivity (Wildman–Crippen MR) is 76.0 cm³/mol. The molecular formula is C15H18O4S. The first-order chi connectivity index (χ1) is 9.46. The predicted octanol–water partition coefficient (Wildman–Crippen LogP) is 2.50. The van der Waals surface area contributed by atoms with Gasteiger partial charge >= 0.3 is 5.97 Å². The topological polar surface area (TPSA) is 60.4 Å². The first kappa shape index (κ1) is 14.8. The highest BCUT2D eigenvalue weighted by molar-refractivity contribution is 7.93. The number of hydrogen-bond acceptors (Lipinski definition) is 4. The number of sulfone groups is 1. The minimum atomic E-state index is -3.85. The third-order valence-electron chi connectivity index (χ3n) is 3.70. The van der Waals surface area contributed by atoms with Crippen molar-refractivity contribution in [1.82, 2.24) is 0 Å². The second-order valence-corrected chi connectivity index (χ2v) is 7.00. The van der Waals surface area contributed by atoms with E-state index in [1.807, 2.05) is 0 Å². The van der Waals surface area contributed by atoms with Crippen molar-refractivity contribution in [3.63, 3.8) is 0 Å². The van der Waals surface area contributed by atoms with Gasteiger partial charge in [0.15, 0.2) is 14.6 Å². The van der Waals surface area contributed by atoms with Crippen LogP contribution in [0.15, 0.2) is 47.4 Å². The van der Waals surface area contributed by atoms with Crippen molar-refractivity contribution < 1.29 is 17.9 Å². The molecule has 1 fully saturated rings. The van der Waals surface area contributed by atoms with Crippen LogP contribution in [0.5, 0.6) is 0 Å². The molecule has 0 aromatic heterocycles. The highest BCUT2D eigenvalue weighted by Crippen LogP contribution is 2.44. The molecule has 0 N–H and O–H groups in total. The summed E-state index contributed by atoms with van der Waals surface area (Å²) in [6, 6.07) is 8.02. The van der Waals surface area contributed by atoms with E-state index in [1.54, 1.807) is 25.1 Å². The molecule has 0 aliphatic heterocycles. The third kappa shape index (κ3) is 2.06. The van der Waals surface area contributed by atoms with Crippen LogP contribution in [-0.4, -0.2) is 25.7 Å². The van der Waals surface area contributed by atoms with Crippen LogP contribution in [0.2, 0.25) is 0 Å². The molecule has 2 rings (SSSR count). The molecule has 1 aliphatic rings. The summed E-state index contributed by atoms with van der Waals surface area (Å²) < 4.78 is 29.3. The van der Waals surface area contributed by atoms with Gasteiger partial charge in [0.25, 0.3) is 0 Å². The molecule has 4 nitrogen and oxygen atoms in total. The Morgan fingerprint density at radius 1 is 1.35 bits per heavy atom. The second-order valence-electron chi connectivity index (χ2n) is 4.82. The number of benzene rings is 1. The SMILES string of the molecule is C=C1CCCC1(C(=O)OCC)S(=O)(=O)c1ccccc1. The van der Waals surface area contributed by atoms with Crippen molar-refractivity contribution >= 4 is 15.8 Å². The van der Waals surface area contributed by atoms with Crippen molar-refractivity contribution in [3.05, 3.63) is 42.5 Å². The Hall–Kier alpha value is -1.62. The summed E-state index contributed by atoms with van der Waals surface area (Å²) in [5.74, 6) is -0.702. The molecule has 5 heteroatoms. The van der Waals surface area contributed by atoms with E-state index in [4.69, 9.17) is 4.74 Å². The van der Waals surface area contributed by atoms with Crippen molar-refractivity contribution in [2.45, 2.75) is 35.8 Å². The zero-order valence-electron chi connectivity index (χ0n) is 11.5. The molecule has 0 bridgehead atoms. The Bertz CT molecular complexity index is 619. The van der Waals surface area contributed by atoms with Gasteiger partial charge in [0.1, 0.15) is 0 Å². The van der Waals surface area contributed by atoms with Crippen LogP contribution in [0.25, 0.3) is 0 Å². The summed E-state index contributed by atoms with van der Waals surface area (Å²) >= 11 is 0. The quantitative estimate of drug-likeness (QED) is 0.632. The van der Waals surface area contributed by atoms with E-state index < -0.39 is 20.6 Å². The van der Waals surface area contributed by atoms with Gasteiger partial charge in [-0.3, -0.25) is 0 Å². The molecule has 0 spiro atoms. The van der Waals surface area contributed by atoms with Gasteiger partial charge in [0.05, 0.1) is 11.5 Å². The minimum absolute atomic E-state index is 0.135. The van der Waals surface area contributed by atoms with Gasteiger partial charge in [0, 0.05) is 0 Å². The number of ether oxygens (including phenoxy) is 1. The molecule has 108 valence electrons. The van der Waals surface area contributed by atoms with Gasteiger partial charge in [0.2, 0.25) is 0 Å². The van der Waals surface area contributed by atoms with Gasteiger partial charge in [-0.05, 0) is 43.9 Å². The maximum Gasteiger partial charge on any atom is 0.332 e. The fourth-order valence-electron chi connectivity index (χ4n) is 2.66. The van der Waals surface area contributed by atoms with E-state index in [9.17, 15) is 13.2 Å². The molecule has 1 saturated carbocycles. The fraction of sp³-hybridized carbons (Fsp3) is 0.400. The highest BCUT2D eigenvalue weighted by Gasteiger charge is 2.56. The van der Waals surface area contributed by atoms with E-state index in [2.05, 4.69) is 6.58 Å². The lowest BCUT2D eigenvalue weighted by molar-refractivity contribution is -0.145. The standard InChI is InChI=1S/C15H18O4S/c1-3-19-14(16)15(11-7-8-12(15)2)20(17,18)13-9-5-4-6-10-13/h4-6,9-10H,2-3,7-8,11H2,1H3. The van der Waals surface area contributed by atoms with Crippen molar-refractivity contribution in [2.75, 3.05) is 6.61 Å². The average molecular weight is 294 g/mol. The number of carbonyl (C=O) groups excluding carboxylic acids is 1. The van der Waals surface area contributed by atoms with Crippen LogP contribution in [0.3, 0.4) is 0 Å². The molecule has 20 heavy (non-hydrogen) atoms. The first-order valence-corrected chi connectivity index (χ1v) is 8.10. The summed E-state index contributed by atoms with van der Waals surface area (Å²) in [6.45, 7) is 5.64. The molecule has 0 heterocycles. The lowest BCUT2D eigenvalue weighted by atomic mass is 10.0. The van der Waals surface area contributed by atoms with Crippen molar-refractivity contribution in [1.29, 1.82) is 0 Å². The summed E-state index contributed by atoms with van der Waals surface area (Å²) in [7, 11) is -3.85. The fourth-order valence-corrected chi connectivity index (χ4v) is 4.75. The molecule has 1 aromatic carbocycles. The largest absolute Gasteiger partial charge is 0.465 e. The summed E-state index contributed by atoms with van der Waals surface area (Å²) in [5, 5.41) is 0. The molecule has 0 amide bonds. The molecule has 0 radical (unpaired) electrons. The zero-order chi connectivity index (χ0) is 14.8. The van der Waals surface area contributed by atoms with Gasteiger partial charge in [-0.1, -0.05) is 24.8 Å². The van der Waals surface area contributed by atoms with Gasteiger partial charge < -0.3 is 4.74 Å². The van der Waals surface area contributed by atoms with Gasteiger partial charge in [-0.15, -0.1) is 0 Å². The second kappa shape index (κ2) is 5.40. The smallest absolute Gasteiger partial charge is 0.332 e. The van der Waals surface area contributed by atoms with E-state index in [1.165, 1.54) is 12.1 Å². The lowest BCUT2D eigenvalue weighted by Gasteiger charge is -2.27. The van der Waals surface area contributed by atoms with Crippen LogP contribution in [-0.2, 0) is 19.4 Å². The van der Waals surface area contributed by atoms with E-state index in [0.29, 0.717) is 18.4 Å². The molecule has 1 aliphatic carbocycles. The highest BCUT2D eigenvalue weighted by atomic mass is 32.2. The van der Waals surface area contributed by atoms with Crippen LogP contribution in [0.4, 0.5) is 0 Å². The molecule has 1 aromatic rings.